The molecule has 4 nitrogen and oxygen atoms in total. The number of nitrogens with one attached hydrogen (secondary N) is 1. The lowest BCUT2D eigenvalue weighted by Gasteiger charge is -2.27. The average Bonchev–Trinajstić information content (AvgIpc) is 2.31. The summed E-state index contributed by atoms with van der Waals surface area (Å²) in [5, 5.41) is 3.99. The molecule has 0 bridgehead atoms. The molecule has 5 heteroatoms. The summed E-state index contributed by atoms with van der Waals surface area (Å²) in [6, 6.07) is 0. The first kappa shape index (κ1) is 11.6. The molecule has 88 valence electrons. The van der Waals surface area contributed by atoms with E-state index in [0.29, 0.717) is 10.9 Å². The number of halogens is 1. The first-order valence-electron chi connectivity index (χ1n) is 5.65. The minimum Gasteiger partial charge on any atom is -0.344 e. The van der Waals surface area contributed by atoms with Crippen molar-refractivity contribution in [1.82, 2.24) is 15.3 Å². The zero-order valence-electron chi connectivity index (χ0n) is 9.49. The molecular formula is C11H17ClN4. The number of hydrogen-bond acceptors (Lipinski definition) is 4. The molecule has 1 atom stereocenters. The summed E-state index contributed by atoms with van der Waals surface area (Å²) >= 11 is 5.75. The van der Waals surface area contributed by atoms with Crippen LogP contribution >= 0.6 is 11.6 Å². The Morgan fingerprint density at radius 1 is 1.50 bits per heavy atom. The molecule has 0 aliphatic carbocycles. The second-order valence-electron chi connectivity index (χ2n) is 4.29. The minimum absolute atomic E-state index is 0.580. The van der Waals surface area contributed by atoms with Crippen LogP contribution in [0.5, 0.6) is 0 Å². The molecule has 1 aliphatic heterocycles. The second-order valence-corrected chi connectivity index (χ2v) is 4.73. The van der Waals surface area contributed by atoms with Crippen LogP contribution in [0.3, 0.4) is 0 Å². The third kappa shape index (κ3) is 3.06. The van der Waals surface area contributed by atoms with Gasteiger partial charge >= 0.3 is 0 Å². The number of nitrogens with zero attached hydrogens (tertiary/aromatic N) is 3. The zero-order valence-corrected chi connectivity index (χ0v) is 10.2. The Kier molecular flexibility index (Phi) is 3.96. The fraction of sp³-hybridized carbons (Fsp3) is 0.636. The number of hydrogen-bond donors (Lipinski definition) is 1. The Morgan fingerprint density at radius 3 is 2.88 bits per heavy atom. The molecule has 1 N–H and O–H groups in total. The van der Waals surface area contributed by atoms with Gasteiger partial charge < -0.3 is 10.2 Å². The number of rotatable bonds is 3. The molecule has 1 aliphatic rings. The summed E-state index contributed by atoms with van der Waals surface area (Å²) in [4.78, 5) is 10.5. The van der Waals surface area contributed by atoms with Gasteiger partial charge in [-0.15, -0.1) is 0 Å². The van der Waals surface area contributed by atoms with Crippen LogP contribution in [0.4, 0.5) is 5.95 Å². The van der Waals surface area contributed by atoms with Crippen LogP contribution in [0.1, 0.15) is 12.8 Å². The molecule has 0 amide bonds. The van der Waals surface area contributed by atoms with Crippen molar-refractivity contribution >= 4 is 17.5 Å². The Bertz CT molecular complexity index is 321. The largest absolute Gasteiger partial charge is 0.344 e. The molecule has 2 heterocycles. The van der Waals surface area contributed by atoms with Crippen molar-refractivity contribution in [3.05, 3.63) is 17.4 Å². The maximum Gasteiger partial charge on any atom is 0.225 e. The third-order valence-electron chi connectivity index (χ3n) is 2.88. The van der Waals surface area contributed by atoms with Gasteiger partial charge in [0.2, 0.25) is 5.95 Å². The molecule has 1 aromatic heterocycles. The molecule has 0 spiro atoms. The lowest BCUT2D eigenvalue weighted by molar-refractivity contribution is 0.380. The van der Waals surface area contributed by atoms with E-state index in [1.165, 1.54) is 12.8 Å². The molecule has 16 heavy (non-hydrogen) atoms. The quantitative estimate of drug-likeness (QED) is 0.871. The molecule has 0 radical (unpaired) electrons. The molecule has 2 rings (SSSR count). The van der Waals surface area contributed by atoms with Gasteiger partial charge in [0, 0.05) is 13.6 Å². The molecule has 1 aromatic rings. The molecule has 1 fully saturated rings. The Balaban J connectivity index is 1.91. The van der Waals surface area contributed by atoms with Crippen molar-refractivity contribution in [1.29, 1.82) is 0 Å². The molecule has 1 saturated heterocycles. The first-order valence-corrected chi connectivity index (χ1v) is 6.03. The van der Waals surface area contributed by atoms with E-state index in [1.807, 2.05) is 7.05 Å². The van der Waals surface area contributed by atoms with Gasteiger partial charge in [0.1, 0.15) is 0 Å². The lowest BCUT2D eigenvalue weighted by Crippen LogP contribution is -2.37. The van der Waals surface area contributed by atoms with Crippen LogP contribution in [0.2, 0.25) is 5.02 Å². The zero-order chi connectivity index (χ0) is 11.4. The predicted molar refractivity (Wildman–Crippen MR) is 65.9 cm³/mol. The highest BCUT2D eigenvalue weighted by atomic mass is 35.5. The van der Waals surface area contributed by atoms with E-state index >= 15 is 0 Å². The monoisotopic (exact) mass is 240 g/mol. The van der Waals surface area contributed by atoms with Gasteiger partial charge in [-0.2, -0.15) is 0 Å². The highest BCUT2D eigenvalue weighted by Gasteiger charge is 2.16. The van der Waals surface area contributed by atoms with Gasteiger partial charge in [-0.3, -0.25) is 0 Å². The highest BCUT2D eigenvalue weighted by Crippen LogP contribution is 2.14. The summed E-state index contributed by atoms with van der Waals surface area (Å²) < 4.78 is 0. The second kappa shape index (κ2) is 5.46. The molecule has 0 unspecified atom stereocenters. The van der Waals surface area contributed by atoms with E-state index in [0.717, 1.165) is 25.6 Å². The van der Waals surface area contributed by atoms with E-state index < -0.39 is 0 Å². The third-order valence-corrected chi connectivity index (χ3v) is 3.07. The van der Waals surface area contributed by atoms with Gasteiger partial charge in [0.15, 0.2) is 0 Å². The van der Waals surface area contributed by atoms with Crippen LogP contribution < -0.4 is 10.2 Å². The van der Waals surface area contributed by atoms with E-state index in [2.05, 4.69) is 20.2 Å². The van der Waals surface area contributed by atoms with Gasteiger partial charge in [-0.1, -0.05) is 11.6 Å². The Morgan fingerprint density at radius 2 is 2.25 bits per heavy atom. The summed E-state index contributed by atoms with van der Waals surface area (Å²) in [5.41, 5.74) is 0. The van der Waals surface area contributed by atoms with Crippen LogP contribution in [0.25, 0.3) is 0 Å². The average molecular weight is 241 g/mol. The fourth-order valence-electron chi connectivity index (χ4n) is 2.05. The van der Waals surface area contributed by atoms with Gasteiger partial charge in [0.25, 0.3) is 0 Å². The maximum atomic E-state index is 5.75. The lowest BCUT2D eigenvalue weighted by atomic mass is 9.99. The molecule has 0 saturated carbocycles. The summed E-state index contributed by atoms with van der Waals surface area (Å²) in [6.45, 7) is 3.24. The van der Waals surface area contributed by atoms with Crippen molar-refractivity contribution in [3.63, 3.8) is 0 Å². The van der Waals surface area contributed by atoms with Crippen LogP contribution in [0, 0.1) is 5.92 Å². The van der Waals surface area contributed by atoms with E-state index in [4.69, 9.17) is 11.6 Å². The van der Waals surface area contributed by atoms with Crippen molar-refractivity contribution in [2.24, 2.45) is 5.92 Å². The van der Waals surface area contributed by atoms with Gasteiger partial charge in [-0.05, 0) is 31.8 Å². The van der Waals surface area contributed by atoms with Crippen molar-refractivity contribution in [2.45, 2.75) is 12.8 Å². The van der Waals surface area contributed by atoms with E-state index in [9.17, 15) is 0 Å². The normalized spacial score (nSPS) is 20.8. The smallest absolute Gasteiger partial charge is 0.225 e. The predicted octanol–water partition coefficient (Wildman–Crippen LogP) is 1.57. The SMILES string of the molecule is CN(C[C@@H]1CCCNC1)c1ncc(Cl)cn1. The van der Waals surface area contributed by atoms with Crippen molar-refractivity contribution < 1.29 is 0 Å². The van der Waals surface area contributed by atoms with Crippen LogP contribution in [-0.4, -0.2) is 36.6 Å². The number of aromatic nitrogens is 2. The Hall–Kier alpha value is -0.870. The number of anilines is 1. The standard InChI is InChI=1S/C11H17ClN4/c1-16(8-9-3-2-4-13-5-9)11-14-6-10(12)7-15-11/h6-7,9,13H,2-5,8H2,1H3/t9-/m1/s1. The summed E-state index contributed by atoms with van der Waals surface area (Å²) in [7, 11) is 2.03. The highest BCUT2D eigenvalue weighted by molar-refractivity contribution is 6.30. The molecular weight excluding hydrogens is 224 g/mol. The van der Waals surface area contributed by atoms with E-state index in [-0.39, 0.29) is 0 Å². The van der Waals surface area contributed by atoms with E-state index in [1.54, 1.807) is 12.4 Å². The van der Waals surface area contributed by atoms with Gasteiger partial charge in [-0.25, -0.2) is 9.97 Å². The van der Waals surface area contributed by atoms with Crippen molar-refractivity contribution in [3.8, 4) is 0 Å². The first-order chi connectivity index (χ1) is 7.75. The maximum absolute atomic E-state index is 5.75. The minimum atomic E-state index is 0.580. The Labute approximate surface area is 101 Å². The topological polar surface area (TPSA) is 41.0 Å². The van der Waals surface area contributed by atoms with Crippen molar-refractivity contribution in [2.75, 3.05) is 31.6 Å². The van der Waals surface area contributed by atoms with Crippen LogP contribution in [-0.2, 0) is 0 Å². The number of piperidine rings is 1. The fourth-order valence-corrected chi connectivity index (χ4v) is 2.15. The summed E-state index contributed by atoms with van der Waals surface area (Å²) in [6.07, 6.45) is 5.82. The van der Waals surface area contributed by atoms with Crippen LogP contribution in [0.15, 0.2) is 12.4 Å². The summed E-state index contributed by atoms with van der Waals surface area (Å²) in [5.74, 6) is 1.44. The van der Waals surface area contributed by atoms with Gasteiger partial charge in [0.05, 0.1) is 17.4 Å². The molecule has 0 aromatic carbocycles.